The van der Waals surface area contributed by atoms with Crippen LogP contribution in [0.3, 0.4) is 0 Å². The molecule has 0 saturated carbocycles. The maximum atomic E-state index is 11.7. The zero-order valence-electron chi connectivity index (χ0n) is 13.4. The van der Waals surface area contributed by atoms with Crippen molar-refractivity contribution in [3.63, 3.8) is 0 Å². The number of hydrogen-bond acceptors (Lipinski definition) is 4. The van der Waals surface area contributed by atoms with Crippen LogP contribution in [0.2, 0.25) is 0 Å². The molecule has 1 aromatic heterocycles. The number of carbonyl (C=O) groups is 1. The highest BCUT2D eigenvalue weighted by molar-refractivity contribution is 5.81. The summed E-state index contributed by atoms with van der Waals surface area (Å²) in [5.41, 5.74) is 0.608. The molecule has 1 amide bonds. The summed E-state index contributed by atoms with van der Waals surface area (Å²) < 4.78 is 1.75. The van der Waals surface area contributed by atoms with Crippen LogP contribution in [0.4, 0.5) is 0 Å². The first-order valence-electron chi connectivity index (χ1n) is 7.00. The van der Waals surface area contributed by atoms with Crippen LogP contribution in [0.1, 0.15) is 47.2 Å². The molecule has 0 atom stereocenters. The predicted octanol–water partition coefficient (Wildman–Crippen LogP) is 1.33. The van der Waals surface area contributed by atoms with Crippen molar-refractivity contribution in [2.75, 3.05) is 6.54 Å². The van der Waals surface area contributed by atoms with Gasteiger partial charge in [0.05, 0.1) is 12.2 Å². The van der Waals surface area contributed by atoms with Gasteiger partial charge in [0, 0.05) is 30.2 Å². The molecule has 0 saturated heterocycles. The standard InChI is InChI=1S/C14H27N5O/c1-13(2,3)12(20)15-7-8-19-10-11(17-18-19)9-16-14(4,5)6/h10,16H,7-9H2,1-6H3,(H,15,20). The van der Waals surface area contributed by atoms with E-state index in [-0.39, 0.29) is 16.9 Å². The second-order valence-electron chi connectivity index (χ2n) is 7.08. The summed E-state index contributed by atoms with van der Waals surface area (Å²) in [6.45, 7) is 13.9. The third-order valence-corrected chi connectivity index (χ3v) is 2.69. The summed E-state index contributed by atoms with van der Waals surface area (Å²) in [6, 6.07) is 0. The van der Waals surface area contributed by atoms with Crippen molar-refractivity contribution < 1.29 is 4.79 Å². The van der Waals surface area contributed by atoms with E-state index < -0.39 is 0 Å². The molecule has 0 unspecified atom stereocenters. The van der Waals surface area contributed by atoms with Crippen molar-refractivity contribution in [1.82, 2.24) is 25.6 Å². The Kier molecular flexibility index (Phi) is 5.28. The van der Waals surface area contributed by atoms with Crippen molar-refractivity contribution in [3.05, 3.63) is 11.9 Å². The van der Waals surface area contributed by atoms with E-state index in [1.54, 1.807) is 4.68 Å². The van der Waals surface area contributed by atoms with Crippen LogP contribution in [0.5, 0.6) is 0 Å². The van der Waals surface area contributed by atoms with E-state index in [0.717, 1.165) is 5.69 Å². The Hall–Kier alpha value is -1.43. The second kappa shape index (κ2) is 6.35. The minimum Gasteiger partial charge on any atom is -0.354 e. The van der Waals surface area contributed by atoms with Gasteiger partial charge in [-0.15, -0.1) is 5.10 Å². The molecule has 0 aliphatic heterocycles. The molecule has 1 heterocycles. The van der Waals surface area contributed by atoms with Gasteiger partial charge >= 0.3 is 0 Å². The van der Waals surface area contributed by atoms with E-state index in [1.165, 1.54) is 0 Å². The van der Waals surface area contributed by atoms with E-state index in [0.29, 0.717) is 19.6 Å². The SMILES string of the molecule is CC(C)(C)NCc1cn(CCNC(=O)C(C)(C)C)nn1. The highest BCUT2D eigenvalue weighted by Gasteiger charge is 2.20. The minimum absolute atomic E-state index is 0.0484. The summed E-state index contributed by atoms with van der Waals surface area (Å²) >= 11 is 0. The Morgan fingerprint density at radius 3 is 2.45 bits per heavy atom. The Bertz CT molecular complexity index is 439. The van der Waals surface area contributed by atoms with Crippen LogP contribution in [-0.2, 0) is 17.9 Å². The molecule has 114 valence electrons. The van der Waals surface area contributed by atoms with Gasteiger partial charge in [-0.25, -0.2) is 0 Å². The molecule has 0 aliphatic carbocycles. The zero-order valence-corrected chi connectivity index (χ0v) is 13.4. The summed E-state index contributed by atoms with van der Waals surface area (Å²) in [6.07, 6.45) is 1.90. The number of nitrogens with one attached hydrogen (secondary N) is 2. The van der Waals surface area contributed by atoms with Gasteiger partial charge in [-0.3, -0.25) is 9.48 Å². The molecule has 1 aromatic rings. The fourth-order valence-corrected chi connectivity index (χ4v) is 1.43. The predicted molar refractivity (Wildman–Crippen MR) is 79.1 cm³/mol. The molecule has 0 aromatic carbocycles. The van der Waals surface area contributed by atoms with Gasteiger partial charge < -0.3 is 10.6 Å². The van der Waals surface area contributed by atoms with E-state index in [1.807, 2.05) is 27.0 Å². The molecule has 0 radical (unpaired) electrons. The second-order valence-corrected chi connectivity index (χ2v) is 7.08. The third-order valence-electron chi connectivity index (χ3n) is 2.69. The summed E-state index contributed by atoms with van der Waals surface area (Å²) in [5, 5.41) is 14.4. The molecule has 6 heteroatoms. The molecule has 6 nitrogen and oxygen atoms in total. The third kappa shape index (κ3) is 6.14. The monoisotopic (exact) mass is 281 g/mol. The van der Waals surface area contributed by atoms with Gasteiger partial charge in [-0.2, -0.15) is 0 Å². The average molecular weight is 281 g/mol. The molecular formula is C14H27N5O. The topological polar surface area (TPSA) is 71.8 Å². The van der Waals surface area contributed by atoms with E-state index in [2.05, 4.69) is 41.7 Å². The van der Waals surface area contributed by atoms with Crippen LogP contribution in [-0.4, -0.2) is 33.0 Å². The van der Waals surface area contributed by atoms with Gasteiger partial charge in [0.2, 0.25) is 5.91 Å². The van der Waals surface area contributed by atoms with Gasteiger partial charge in [-0.05, 0) is 20.8 Å². The van der Waals surface area contributed by atoms with Crippen molar-refractivity contribution in [1.29, 1.82) is 0 Å². The first-order chi connectivity index (χ1) is 9.08. The zero-order chi connectivity index (χ0) is 15.4. The quantitative estimate of drug-likeness (QED) is 0.854. The largest absolute Gasteiger partial charge is 0.354 e. The van der Waals surface area contributed by atoms with Crippen molar-refractivity contribution in [3.8, 4) is 0 Å². The number of nitrogens with zero attached hydrogens (tertiary/aromatic N) is 3. The molecule has 0 bridgehead atoms. The number of amides is 1. The van der Waals surface area contributed by atoms with Crippen LogP contribution in [0, 0.1) is 5.41 Å². The molecule has 20 heavy (non-hydrogen) atoms. The summed E-state index contributed by atoms with van der Waals surface area (Å²) in [5.74, 6) is 0.0484. The highest BCUT2D eigenvalue weighted by Crippen LogP contribution is 2.11. The molecule has 0 fully saturated rings. The lowest BCUT2D eigenvalue weighted by atomic mass is 9.96. The maximum absolute atomic E-state index is 11.7. The van der Waals surface area contributed by atoms with Gasteiger partial charge in [-0.1, -0.05) is 26.0 Å². The highest BCUT2D eigenvalue weighted by atomic mass is 16.2. The van der Waals surface area contributed by atoms with Gasteiger partial charge in [0.25, 0.3) is 0 Å². The van der Waals surface area contributed by atoms with Crippen molar-refractivity contribution in [2.24, 2.45) is 5.41 Å². The fraction of sp³-hybridized carbons (Fsp3) is 0.786. The molecule has 0 spiro atoms. The minimum atomic E-state index is -0.357. The smallest absolute Gasteiger partial charge is 0.225 e. The molecule has 1 rings (SSSR count). The Morgan fingerprint density at radius 1 is 1.25 bits per heavy atom. The van der Waals surface area contributed by atoms with Gasteiger partial charge in [0.15, 0.2) is 0 Å². The van der Waals surface area contributed by atoms with Crippen LogP contribution in [0.25, 0.3) is 0 Å². The Labute approximate surface area is 121 Å². The van der Waals surface area contributed by atoms with E-state index in [4.69, 9.17) is 0 Å². The first-order valence-corrected chi connectivity index (χ1v) is 7.00. The summed E-state index contributed by atoms with van der Waals surface area (Å²) in [4.78, 5) is 11.7. The number of rotatable bonds is 5. The number of carbonyl (C=O) groups excluding carboxylic acids is 1. The van der Waals surface area contributed by atoms with Crippen LogP contribution in [0.15, 0.2) is 6.20 Å². The maximum Gasteiger partial charge on any atom is 0.225 e. The van der Waals surface area contributed by atoms with Crippen LogP contribution < -0.4 is 10.6 Å². The normalized spacial score (nSPS) is 12.5. The lowest BCUT2D eigenvalue weighted by molar-refractivity contribution is -0.128. The lowest BCUT2D eigenvalue weighted by Crippen LogP contribution is -2.36. The number of aromatic nitrogens is 3. The van der Waals surface area contributed by atoms with E-state index in [9.17, 15) is 4.79 Å². The average Bonchev–Trinajstić information content (AvgIpc) is 2.72. The molecule has 2 N–H and O–H groups in total. The molecule has 0 aliphatic rings. The molecular weight excluding hydrogens is 254 g/mol. The van der Waals surface area contributed by atoms with Crippen molar-refractivity contribution >= 4 is 5.91 Å². The Balaban J connectivity index is 2.36. The van der Waals surface area contributed by atoms with Crippen LogP contribution >= 0.6 is 0 Å². The van der Waals surface area contributed by atoms with Crippen molar-refractivity contribution in [2.45, 2.75) is 60.2 Å². The summed E-state index contributed by atoms with van der Waals surface area (Å²) in [7, 11) is 0. The van der Waals surface area contributed by atoms with E-state index >= 15 is 0 Å². The Morgan fingerprint density at radius 2 is 1.90 bits per heavy atom. The van der Waals surface area contributed by atoms with Gasteiger partial charge in [0.1, 0.15) is 0 Å². The number of hydrogen-bond donors (Lipinski definition) is 2. The fourth-order valence-electron chi connectivity index (χ4n) is 1.43. The first kappa shape index (κ1) is 16.6. The lowest BCUT2D eigenvalue weighted by Gasteiger charge is -2.19.